The van der Waals surface area contributed by atoms with E-state index < -0.39 is 0 Å². The van der Waals surface area contributed by atoms with Crippen LogP contribution in [0.2, 0.25) is 0 Å². The molecule has 2 nitrogen and oxygen atoms in total. The van der Waals surface area contributed by atoms with Gasteiger partial charge < -0.3 is 4.74 Å². The van der Waals surface area contributed by atoms with Crippen LogP contribution in [0.4, 0.5) is 0 Å². The van der Waals surface area contributed by atoms with Gasteiger partial charge in [0.05, 0.1) is 6.61 Å². The molecule has 0 atom stereocenters. The van der Waals surface area contributed by atoms with Crippen LogP contribution in [0.25, 0.3) is 0 Å². The van der Waals surface area contributed by atoms with E-state index in [1.54, 1.807) is 11.3 Å². The maximum absolute atomic E-state index is 7.35. The molecule has 0 bridgehead atoms. The van der Waals surface area contributed by atoms with Gasteiger partial charge in [0, 0.05) is 6.42 Å². The number of hydrogen-bond acceptors (Lipinski definition) is 3. The second kappa shape index (κ2) is 6.03. The van der Waals surface area contributed by atoms with E-state index in [9.17, 15) is 0 Å². The van der Waals surface area contributed by atoms with Gasteiger partial charge in [-0.25, -0.2) is 0 Å². The van der Waals surface area contributed by atoms with Crippen LogP contribution in [-0.2, 0) is 11.2 Å². The molecule has 0 saturated heterocycles. The summed E-state index contributed by atoms with van der Waals surface area (Å²) in [7, 11) is 0. The van der Waals surface area contributed by atoms with E-state index in [0.29, 0.717) is 18.9 Å². The lowest BCUT2D eigenvalue weighted by molar-refractivity contribution is 0.317. The summed E-state index contributed by atoms with van der Waals surface area (Å²) in [4.78, 5) is 0. The van der Waals surface area contributed by atoms with Crippen LogP contribution in [0.5, 0.6) is 0 Å². The largest absolute Gasteiger partial charge is 0.481 e. The average Bonchev–Trinajstić information content (AvgIpc) is 2.40. The Bertz CT molecular complexity index is 223. The average molecular weight is 206 g/mol. The van der Waals surface area contributed by atoms with Gasteiger partial charge in [0.15, 0.2) is 5.90 Å². The second-order valence-corrected chi connectivity index (χ2v) is 2.94. The van der Waals surface area contributed by atoms with E-state index in [1.807, 2.05) is 23.8 Å². The summed E-state index contributed by atoms with van der Waals surface area (Å²) in [5.74, 6) is 0.353. The molecule has 0 aliphatic heterocycles. The molecule has 1 aromatic heterocycles. The molecule has 1 heterocycles. The normalized spacial score (nSPS) is 8.75. The summed E-state index contributed by atoms with van der Waals surface area (Å²) in [6.45, 7) is 2.48. The van der Waals surface area contributed by atoms with E-state index in [4.69, 9.17) is 10.1 Å². The lowest BCUT2D eigenvalue weighted by Gasteiger charge is -2.01. The van der Waals surface area contributed by atoms with Crippen LogP contribution in [-0.4, -0.2) is 12.5 Å². The van der Waals surface area contributed by atoms with Gasteiger partial charge in [0.25, 0.3) is 0 Å². The molecule has 1 aromatic rings. The summed E-state index contributed by atoms with van der Waals surface area (Å²) >= 11 is 1.65. The molecule has 0 aromatic carbocycles. The fourth-order valence-electron chi connectivity index (χ4n) is 0.804. The lowest BCUT2D eigenvalue weighted by atomic mass is 10.2. The zero-order valence-corrected chi connectivity index (χ0v) is 8.50. The van der Waals surface area contributed by atoms with Gasteiger partial charge in [-0.05, 0) is 29.3 Å². The zero-order valence-electron chi connectivity index (χ0n) is 6.87. The molecule has 0 saturated carbocycles. The van der Waals surface area contributed by atoms with Gasteiger partial charge >= 0.3 is 0 Å². The molecule has 68 valence electrons. The van der Waals surface area contributed by atoms with E-state index in [1.165, 1.54) is 0 Å². The Morgan fingerprint density at radius 3 is 2.92 bits per heavy atom. The highest BCUT2D eigenvalue weighted by atomic mass is 35.5. The first kappa shape index (κ1) is 11.5. The predicted octanol–water partition coefficient (Wildman–Crippen LogP) is 2.73. The first-order valence-corrected chi connectivity index (χ1v) is 4.48. The Balaban J connectivity index is 0.00000121. The number of nitrogens with one attached hydrogen (secondary N) is 1. The van der Waals surface area contributed by atoms with Gasteiger partial charge in [-0.1, -0.05) is 0 Å². The van der Waals surface area contributed by atoms with Gasteiger partial charge in [-0.3, -0.25) is 5.41 Å². The molecular formula is C8H12ClNOS. The third-order valence-electron chi connectivity index (χ3n) is 1.26. The molecule has 0 fully saturated rings. The molecule has 0 aliphatic rings. The van der Waals surface area contributed by atoms with Crippen molar-refractivity contribution in [1.29, 1.82) is 5.41 Å². The highest BCUT2D eigenvalue weighted by Crippen LogP contribution is 2.06. The minimum atomic E-state index is 0. The van der Waals surface area contributed by atoms with Crippen LogP contribution in [0, 0.1) is 5.41 Å². The molecule has 0 unspecified atom stereocenters. The number of halogens is 1. The first-order chi connectivity index (χ1) is 5.33. The van der Waals surface area contributed by atoms with E-state index in [-0.39, 0.29) is 12.4 Å². The molecule has 0 spiro atoms. The number of hydrogen-bond donors (Lipinski definition) is 1. The van der Waals surface area contributed by atoms with Crippen molar-refractivity contribution in [3.05, 3.63) is 22.4 Å². The van der Waals surface area contributed by atoms with Gasteiger partial charge in [-0.15, -0.1) is 12.4 Å². The molecule has 0 aliphatic carbocycles. The number of thiophene rings is 1. The topological polar surface area (TPSA) is 33.1 Å². The summed E-state index contributed by atoms with van der Waals surface area (Å²) < 4.78 is 5.00. The first-order valence-electron chi connectivity index (χ1n) is 3.54. The van der Waals surface area contributed by atoms with Gasteiger partial charge in [0.1, 0.15) is 0 Å². The van der Waals surface area contributed by atoms with E-state index in [2.05, 4.69) is 0 Å². The third-order valence-corrected chi connectivity index (χ3v) is 2.00. The zero-order chi connectivity index (χ0) is 8.10. The highest BCUT2D eigenvalue weighted by molar-refractivity contribution is 7.07. The van der Waals surface area contributed by atoms with Crippen molar-refractivity contribution in [3.63, 3.8) is 0 Å². The van der Waals surface area contributed by atoms with Crippen molar-refractivity contribution in [1.82, 2.24) is 0 Å². The predicted molar refractivity (Wildman–Crippen MR) is 54.6 cm³/mol. The molecule has 1 rings (SSSR count). The van der Waals surface area contributed by atoms with Crippen molar-refractivity contribution in [3.8, 4) is 0 Å². The monoisotopic (exact) mass is 205 g/mol. The third kappa shape index (κ3) is 3.74. The van der Waals surface area contributed by atoms with Crippen molar-refractivity contribution >= 4 is 29.6 Å². The fourth-order valence-corrected chi connectivity index (χ4v) is 1.47. The maximum Gasteiger partial charge on any atom is 0.184 e. The summed E-state index contributed by atoms with van der Waals surface area (Å²) in [6, 6.07) is 2.01. The van der Waals surface area contributed by atoms with Crippen molar-refractivity contribution in [2.75, 3.05) is 6.61 Å². The van der Waals surface area contributed by atoms with E-state index in [0.717, 1.165) is 5.56 Å². The van der Waals surface area contributed by atoms with Crippen LogP contribution in [0.15, 0.2) is 16.8 Å². The summed E-state index contributed by atoms with van der Waals surface area (Å²) in [5.41, 5.74) is 1.16. The molecule has 0 radical (unpaired) electrons. The number of ether oxygens (including phenoxy) is 1. The second-order valence-electron chi connectivity index (χ2n) is 2.16. The Hall–Kier alpha value is -0.540. The lowest BCUT2D eigenvalue weighted by Crippen LogP contribution is -2.05. The van der Waals surface area contributed by atoms with E-state index >= 15 is 0 Å². The van der Waals surface area contributed by atoms with Gasteiger partial charge in [0.2, 0.25) is 0 Å². The smallest absolute Gasteiger partial charge is 0.184 e. The molecule has 12 heavy (non-hydrogen) atoms. The van der Waals surface area contributed by atoms with Crippen molar-refractivity contribution in [2.24, 2.45) is 0 Å². The summed E-state index contributed by atoms with van der Waals surface area (Å²) in [5, 5.41) is 11.4. The Morgan fingerprint density at radius 1 is 1.67 bits per heavy atom. The molecule has 1 N–H and O–H groups in total. The highest BCUT2D eigenvalue weighted by Gasteiger charge is 1.98. The standard InChI is InChI=1S/C8H11NOS.ClH/c1-2-10-8(9)5-7-3-4-11-6-7;/h3-4,6,9H,2,5H2,1H3;1H. The number of rotatable bonds is 3. The van der Waals surface area contributed by atoms with Crippen LogP contribution in [0.1, 0.15) is 12.5 Å². The van der Waals surface area contributed by atoms with Gasteiger partial charge in [-0.2, -0.15) is 11.3 Å². The van der Waals surface area contributed by atoms with Crippen molar-refractivity contribution < 1.29 is 4.74 Å². The minimum absolute atomic E-state index is 0. The molecular weight excluding hydrogens is 194 g/mol. The molecule has 0 amide bonds. The van der Waals surface area contributed by atoms with Crippen LogP contribution < -0.4 is 0 Å². The molecule has 4 heteroatoms. The Kier molecular flexibility index (Phi) is 5.76. The van der Waals surface area contributed by atoms with Crippen LogP contribution in [0.3, 0.4) is 0 Å². The van der Waals surface area contributed by atoms with Crippen LogP contribution >= 0.6 is 23.7 Å². The maximum atomic E-state index is 7.35. The Labute approximate surface area is 82.5 Å². The quantitative estimate of drug-likeness (QED) is 0.598. The minimum Gasteiger partial charge on any atom is -0.481 e. The fraction of sp³-hybridized carbons (Fsp3) is 0.375. The Morgan fingerprint density at radius 2 is 2.42 bits per heavy atom. The van der Waals surface area contributed by atoms with Crippen molar-refractivity contribution in [2.45, 2.75) is 13.3 Å². The summed E-state index contributed by atoms with van der Waals surface area (Å²) in [6.07, 6.45) is 0.622. The SMILES string of the molecule is CCOC(=N)Cc1ccsc1.Cl.